The molecule has 8 nitrogen and oxygen atoms in total. The number of hydrogen-bond acceptors (Lipinski definition) is 7. The molecule has 8 heteroatoms. The van der Waals surface area contributed by atoms with Crippen molar-refractivity contribution in [1.29, 1.82) is 0 Å². The van der Waals surface area contributed by atoms with Gasteiger partial charge in [-0.05, 0) is 42.8 Å². The molecule has 0 spiro atoms. The average molecular weight is 401 g/mol. The highest BCUT2D eigenvalue weighted by atomic mass is 16.4. The fourth-order valence-electron chi connectivity index (χ4n) is 3.42. The molecule has 0 aliphatic carbocycles. The van der Waals surface area contributed by atoms with Gasteiger partial charge in [-0.2, -0.15) is 0 Å². The van der Waals surface area contributed by atoms with Crippen molar-refractivity contribution >= 4 is 33.7 Å². The Hall–Kier alpha value is -4.20. The van der Waals surface area contributed by atoms with Crippen LogP contribution in [0.2, 0.25) is 0 Å². The first kappa shape index (κ1) is 17.9. The molecule has 0 saturated carbocycles. The molecule has 0 fully saturated rings. The van der Waals surface area contributed by atoms with Crippen LogP contribution in [0.5, 0.6) is 0 Å². The molecule has 0 unspecified atom stereocenters. The average Bonchev–Trinajstić information content (AvgIpc) is 3.32. The second-order valence-corrected chi connectivity index (χ2v) is 6.84. The summed E-state index contributed by atoms with van der Waals surface area (Å²) in [5.41, 5.74) is 0.128. The highest BCUT2D eigenvalue weighted by molar-refractivity contribution is 6.10. The summed E-state index contributed by atoms with van der Waals surface area (Å²) in [6, 6.07) is 14.4. The lowest BCUT2D eigenvalue weighted by atomic mass is 10.0. The molecule has 0 atom stereocenters. The summed E-state index contributed by atoms with van der Waals surface area (Å²) in [4.78, 5) is 25.1. The Balaban J connectivity index is 1.51. The molecule has 1 amide bonds. The van der Waals surface area contributed by atoms with Gasteiger partial charge in [-0.15, -0.1) is 5.10 Å². The van der Waals surface area contributed by atoms with E-state index < -0.39 is 11.5 Å². The lowest BCUT2D eigenvalue weighted by molar-refractivity contribution is 0.102. The van der Waals surface area contributed by atoms with E-state index in [0.717, 1.165) is 10.8 Å². The number of anilines is 1. The zero-order valence-electron chi connectivity index (χ0n) is 16.1. The van der Waals surface area contributed by atoms with Crippen molar-refractivity contribution < 1.29 is 18.0 Å². The quantitative estimate of drug-likeness (QED) is 0.351. The zero-order valence-corrected chi connectivity index (χ0v) is 16.1. The number of aromatic nitrogens is 2. The van der Waals surface area contributed by atoms with Crippen LogP contribution in [0.25, 0.3) is 33.2 Å². The fourth-order valence-corrected chi connectivity index (χ4v) is 3.42. The van der Waals surface area contributed by atoms with E-state index in [0.29, 0.717) is 28.1 Å². The van der Waals surface area contributed by atoms with Crippen molar-refractivity contribution in [1.82, 2.24) is 10.2 Å². The van der Waals surface area contributed by atoms with E-state index >= 15 is 0 Å². The number of benzene rings is 2. The third-order valence-electron chi connectivity index (χ3n) is 4.80. The molecule has 3 aromatic heterocycles. The summed E-state index contributed by atoms with van der Waals surface area (Å²) in [6.07, 6.45) is 0. The van der Waals surface area contributed by atoms with Gasteiger partial charge in [-0.1, -0.05) is 35.4 Å². The number of carbonyl (C=O) groups excluding carboxylic acids is 1. The maximum Gasteiger partial charge on any atom is 0.349 e. The molecule has 0 saturated heterocycles. The number of nitrogens with zero attached hydrogens (tertiary/aromatic N) is 2. The Morgan fingerprint density at radius 1 is 0.933 bits per heavy atom. The molecule has 0 radical (unpaired) electrons. The van der Waals surface area contributed by atoms with Gasteiger partial charge in [-0.3, -0.25) is 10.1 Å². The van der Waals surface area contributed by atoms with Gasteiger partial charge >= 0.3 is 11.6 Å². The third kappa shape index (κ3) is 2.95. The number of carbonyl (C=O) groups is 1. The zero-order chi connectivity index (χ0) is 20.8. The van der Waals surface area contributed by atoms with E-state index in [1.165, 1.54) is 6.07 Å². The number of furan rings is 1. The Morgan fingerprint density at radius 2 is 1.77 bits per heavy atom. The van der Waals surface area contributed by atoms with Gasteiger partial charge in [0.15, 0.2) is 0 Å². The van der Waals surface area contributed by atoms with Crippen molar-refractivity contribution in [2.24, 2.45) is 0 Å². The van der Waals surface area contributed by atoms with Gasteiger partial charge in [0.1, 0.15) is 22.7 Å². The fraction of sp³-hybridized carbons (Fsp3) is 0.0909. The van der Waals surface area contributed by atoms with Gasteiger partial charge in [0, 0.05) is 5.39 Å². The molecule has 30 heavy (non-hydrogen) atoms. The molecule has 5 aromatic rings. The van der Waals surface area contributed by atoms with Crippen LogP contribution in [-0.4, -0.2) is 16.1 Å². The number of amides is 1. The monoisotopic (exact) mass is 401 g/mol. The smallest absolute Gasteiger partial charge is 0.349 e. The van der Waals surface area contributed by atoms with Gasteiger partial charge in [-0.25, -0.2) is 4.79 Å². The number of rotatable bonds is 3. The van der Waals surface area contributed by atoms with Crippen LogP contribution in [0.3, 0.4) is 0 Å². The second-order valence-electron chi connectivity index (χ2n) is 6.84. The van der Waals surface area contributed by atoms with Crippen LogP contribution in [0.15, 0.2) is 66.6 Å². The SMILES string of the molecule is Cc1cc(-c2nnc(NC(=O)c3cc4c(ccc5ccccc54)oc3=O)o2)c(C)o1. The van der Waals surface area contributed by atoms with Crippen molar-refractivity contribution in [3.8, 4) is 11.5 Å². The molecule has 0 bridgehead atoms. The molecule has 1 N–H and O–H groups in total. The third-order valence-corrected chi connectivity index (χ3v) is 4.80. The highest BCUT2D eigenvalue weighted by Gasteiger charge is 2.19. The number of fused-ring (bicyclic) bond motifs is 3. The predicted octanol–water partition coefficient (Wildman–Crippen LogP) is 4.46. The van der Waals surface area contributed by atoms with E-state index in [4.69, 9.17) is 13.3 Å². The summed E-state index contributed by atoms with van der Waals surface area (Å²) >= 11 is 0. The van der Waals surface area contributed by atoms with Crippen LogP contribution < -0.4 is 10.9 Å². The minimum atomic E-state index is -0.753. The lowest BCUT2D eigenvalue weighted by Gasteiger charge is -2.05. The van der Waals surface area contributed by atoms with Crippen LogP contribution in [0, 0.1) is 13.8 Å². The lowest BCUT2D eigenvalue weighted by Crippen LogP contribution is -2.20. The van der Waals surface area contributed by atoms with Crippen molar-refractivity contribution in [2.75, 3.05) is 5.32 Å². The molecule has 2 aromatic carbocycles. The van der Waals surface area contributed by atoms with Crippen molar-refractivity contribution in [2.45, 2.75) is 13.8 Å². The minimum absolute atomic E-state index is 0.134. The maximum absolute atomic E-state index is 12.7. The Kier molecular flexibility index (Phi) is 3.99. The van der Waals surface area contributed by atoms with E-state index in [-0.39, 0.29) is 17.5 Å². The Labute approximate surface area is 169 Å². The van der Waals surface area contributed by atoms with Gasteiger partial charge < -0.3 is 13.3 Å². The topological polar surface area (TPSA) is 111 Å². The van der Waals surface area contributed by atoms with E-state index in [1.54, 1.807) is 26.0 Å². The minimum Gasteiger partial charge on any atom is -0.466 e. The highest BCUT2D eigenvalue weighted by Crippen LogP contribution is 2.27. The Morgan fingerprint density at radius 3 is 2.57 bits per heavy atom. The summed E-state index contributed by atoms with van der Waals surface area (Å²) in [7, 11) is 0. The summed E-state index contributed by atoms with van der Waals surface area (Å²) in [6.45, 7) is 3.58. The van der Waals surface area contributed by atoms with E-state index in [1.807, 2.05) is 30.3 Å². The maximum atomic E-state index is 12.7. The summed E-state index contributed by atoms with van der Waals surface area (Å²) < 4.78 is 16.3. The van der Waals surface area contributed by atoms with Crippen LogP contribution in [0.1, 0.15) is 21.9 Å². The van der Waals surface area contributed by atoms with Gasteiger partial charge in [0.25, 0.3) is 11.8 Å². The first-order valence-electron chi connectivity index (χ1n) is 9.17. The first-order valence-corrected chi connectivity index (χ1v) is 9.17. The van der Waals surface area contributed by atoms with Crippen molar-refractivity contribution in [3.63, 3.8) is 0 Å². The number of nitrogens with one attached hydrogen (secondary N) is 1. The Bertz CT molecular complexity index is 1490. The second kappa shape index (κ2) is 6.70. The predicted molar refractivity (Wildman–Crippen MR) is 109 cm³/mol. The molecule has 0 aliphatic heterocycles. The van der Waals surface area contributed by atoms with Crippen LogP contribution >= 0.6 is 0 Å². The molecule has 148 valence electrons. The largest absolute Gasteiger partial charge is 0.466 e. The van der Waals surface area contributed by atoms with E-state index in [2.05, 4.69) is 15.5 Å². The van der Waals surface area contributed by atoms with Crippen molar-refractivity contribution in [3.05, 3.63) is 76.0 Å². The number of aryl methyl sites for hydroxylation is 2. The standard InChI is InChI=1S/C22H15N3O5/c1-11-9-15(12(2)28-11)20-24-25-22(30-20)23-19(26)17-10-16-14-6-4-3-5-13(14)7-8-18(16)29-21(17)27/h3-10H,1-2H3,(H,23,25,26). The molecular weight excluding hydrogens is 386 g/mol. The number of hydrogen-bond donors (Lipinski definition) is 1. The summed E-state index contributed by atoms with van der Waals surface area (Å²) in [5, 5.41) is 12.7. The van der Waals surface area contributed by atoms with Crippen LogP contribution in [-0.2, 0) is 0 Å². The molecular formula is C22H15N3O5. The van der Waals surface area contributed by atoms with E-state index in [9.17, 15) is 9.59 Å². The van der Waals surface area contributed by atoms with Crippen LogP contribution in [0.4, 0.5) is 6.01 Å². The normalized spacial score (nSPS) is 11.3. The molecule has 5 rings (SSSR count). The molecule has 0 aliphatic rings. The molecule has 3 heterocycles. The van der Waals surface area contributed by atoms with Gasteiger partial charge in [0.05, 0.1) is 5.56 Å². The first-order chi connectivity index (χ1) is 14.5. The van der Waals surface area contributed by atoms with Gasteiger partial charge in [0.2, 0.25) is 0 Å². The summed E-state index contributed by atoms with van der Waals surface area (Å²) in [5.74, 6) is 0.827.